The highest BCUT2D eigenvalue weighted by Crippen LogP contribution is 2.28. The Labute approximate surface area is 124 Å². The molecule has 0 atom stereocenters. The monoisotopic (exact) mass is 291 g/mol. The lowest BCUT2D eigenvalue weighted by atomic mass is 10.2. The van der Waals surface area contributed by atoms with Crippen molar-refractivity contribution in [3.8, 4) is 0 Å². The zero-order chi connectivity index (χ0) is 13.5. The van der Waals surface area contributed by atoms with Crippen LogP contribution in [0.5, 0.6) is 0 Å². The minimum atomic E-state index is 0.803. The van der Waals surface area contributed by atoms with Gasteiger partial charge in [0, 0.05) is 22.2 Å². The van der Waals surface area contributed by atoms with Gasteiger partial charge >= 0.3 is 0 Å². The van der Waals surface area contributed by atoms with Crippen LogP contribution in [0.2, 0.25) is 5.02 Å². The Kier molecular flexibility index (Phi) is 5.77. The van der Waals surface area contributed by atoms with Crippen LogP contribution >= 0.6 is 23.4 Å². The molecule has 0 fully saturated rings. The summed E-state index contributed by atoms with van der Waals surface area (Å²) in [5.74, 6) is 0.988. The Balaban J connectivity index is 2.06. The third-order valence-electron chi connectivity index (χ3n) is 2.83. The number of hydrogen-bond donors (Lipinski definition) is 1. The molecule has 0 spiro atoms. The Morgan fingerprint density at radius 3 is 2.63 bits per heavy atom. The van der Waals surface area contributed by atoms with Gasteiger partial charge in [0.05, 0.1) is 0 Å². The van der Waals surface area contributed by atoms with Gasteiger partial charge in [-0.3, -0.25) is 0 Å². The maximum atomic E-state index is 6.08. The van der Waals surface area contributed by atoms with Crippen LogP contribution in [-0.4, -0.2) is 6.54 Å². The molecule has 3 heteroatoms. The van der Waals surface area contributed by atoms with Crippen LogP contribution in [0.15, 0.2) is 53.4 Å². The molecule has 0 aliphatic rings. The van der Waals surface area contributed by atoms with Gasteiger partial charge in [0.2, 0.25) is 0 Å². The fourth-order valence-corrected chi connectivity index (χ4v) is 3.01. The SMILES string of the molecule is CCNCc1cc(Cl)ccc1SCc1ccccc1. The molecule has 0 heterocycles. The van der Waals surface area contributed by atoms with Crippen molar-refractivity contribution >= 4 is 23.4 Å². The maximum Gasteiger partial charge on any atom is 0.0410 e. The summed E-state index contributed by atoms with van der Waals surface area (Å²) in [5.41, 5.74) is 2.62. The minimum Gasteiger partial charge on any atom is -0.313 e. The molecule has 0 saturated carbocycles. The van der Waals surface area contributed by atoms with E-state index in [-0.39, 0.29) is 0 Å². The quantitative estimate of drug-likeness (QED) is 0.771. The minimum absolute atomic E-state index is 0.803. The summed E-state index contributed by atoms with van der Waals surface area (Å²) < 4.78 is 0. The summed E-state index contributed by atoms with van der Waals surface area (Å²) in [5, 5.41) is 4.16. The van der Waals surface area contributed by atoms with Crippen LogP contribution in [0, 0.1) is 0 Å². The largest absolute Gasteiger partial charge is 0.313 e. The lowest BCUT2D eigenvalue weighted by Crippen LogP contribution is -2.12. The first-order valence-corrected chi connectivity index (χ1v) is 7.82. The Morgan fingerprint density at radius 2 is 1.89 bits per heavy atom. The number of halogens is 1. The number of nitrogens with one attached hydrogen (secondary N) is 1. The normalized spacial score (nSPS) is 10.6. The fourth-order valence-electron chi connectivity index (χ4n) is 1.82. The molecule has 0 saturated heterocycles. The molecule has 1 nitrogen and oxygen atoms in total. The van der Waals surface area contributed by atoms with Crippen LogP contribution in [0.1, 0.15) is 18.1 Å². The standard InChI is InChI=1S/C16H18ClNS/c1-2-18-11-14-10-15(17)8-9-16(14)19-12-13-6-4-3-5-7-13/h3-10,18H,2,11-12H2,1H3. The van der Waals surface area contributed by atoms with Crippen molar-refractivity contribution in [2.45, 2.75) is 24.1 Å². The van der Waals surface area contributed by atoms with Gasteiger partial charge in [0.15, 0.2) is 0 Å². The van der Waals surface area contributed by atoms with Gasteiger partial charge in [-0.25, -0.2) is 0 Å². The molecule has 100 valence electrons. The van der Waals surface area contributed by atoms with Gasteiger partial charge in [0.1, 0.15) is 0 Å². The van der Waals surface area contributed by atoms with Gasteiger partial charge in [-0.15, -0.1) is 11.8 Å². The Hall–Kier alpha value is -0.960. The van der Waals surface area contributed by atoms with Gasteiger partial charge in [-0.2, -0.15) is 0 Å². The molecular weight excluding hydrogens is 274 g/mol. The summed E-state index contributed by atoms with van der Waals surface area (Å²) in [7, 11) is 0. The number of thioether (sulfide) groups is 1. The number of rotatable bonds is 6. The van der Waals surface area contributed by atoms with E-state index in [2.05, 4.69) is 48.6 Å². The third-order valence-corrected chi connectivity index (χ3v) is 4.25. The van der Waals surface area contributed by atoms with Gasteiger partial charge in [-0.05, 0) is 35.9 Å². The summed E-state index contributed by atoms with van der Waals surface area (Å²) in [6.45, 7) is 3.95. The van der Waals surface area contributed by atoms with Crippen molar-refractivity contribution in [1.29, 1.82) is 0 Å². The van der Waals surface area contributed by atoms with Crippen molar-refractivity contribution in [3.05, 3.63) is 64.7 Å². The maximum absolute atomic E-state index is 6.08. The predicted molar refractivity (Wildman–Crippen MR) is 84.8 cm³/mol. The van der Waals surface area contributed by atoms with Crippen LogP contribution < -0.4 is 5.32 Å². The number of benzene rings is 2. The Bertz CT molecular complexity index is 513. The van der Waals surface area contributed by atoms with E-state index >= 15 is 0 Å². The van der Waals surface area contributed by atoms with Crippen molar-refractivity contribution in [1.82, 2.24) is 5.32 Å². The molecular formula is C16H18ClNS. The van der Waals surface area contributed by atoms with Crippen molar-refractivity contribution in [2.24, 2.45) is 0 Å². The van der Waals surface area contributed by atoms with Crippen LogP contribution in [0.3, 0.4) is 0 Å². The highest BCUT2D eigenvalue weighted by molar-refractivity contribution is 7.98. The molecule has 2 aromatic rings. The van der Waals surface area contributed by atoms with Crippen molar-refractivity contribution in [2.75, 3.05) is 6.54 Å². The topological polar surface area (TPSA) is 12.0 Å². The first-order chi connectivity index (χ1) is 9.29. The Morgan fingerprint density at radius 1 is 1.11 bits per heavy atom. The van der Waals surface area contributed by atoms with E-state index < -0.39 is 0 Å². The van der Waals surface area contributed by atoms with Gasteiger partial charge in [-0.1, -0.05) is 48.9 Å². The van der Waals surface area contributed by atoms with Crippen molar-refractivity contribution < 1.29 is 0 Å². The molecule has 0 aromatic heterocycles. The molecule has 0 unspecified atom stereocenters. The molecule has 1 N–H and O–H groups in total. The first-order valence-electron chi connectivity index (χ1n) is 6.45. The number of hydrogen-bond acceptors (Lipinski definition) is 2. The van der Waals surface area contributed by atoms with E-state index in [0.29, 0.717) is 0 Å². The fraction of sp³-hybridized carbons (Fsp3) is 0.250. The predicted octanol–water partition coefficient (Wildman–Crippen LogP) is 4.74. The second-order valence-corrected chi connectivity index (χ2v) is 5.76. The molecule has 0 aliphatic heterocycles. The van der Waals surface area contributed by atoms with Crippen LogP contribution in [-0.2, 0) is 12.3 Å². The van der Waals surface area contributed by atoms with E-state index in [4.69, 9.17) is 11.6 Å². The summed E-state index contributed by atoms with van der Waals surface area (Å²) in [4.78, 5) is 1.30. The molecule has 0 aliphatic carbocycles. The molecule has 0 radical (unpaired) electrons. The highest BCUT2D eigenvalue weighted by atomic mass is 35.5. The first kappa shape index (κ1) is 14.4. The molecule has 19 heavy (non-hydrogen) atoms. The second kappa shape index (κ2) is 7.59. The summed E-state index contributed by atoms with van der Waals surface area (Å²) >= 11 is 7.94. The molecule has 0 bridgehead atoms. The molecule has 2 aromatic carbocycles. The lowest BCUT2D eigenvalue weighted by Gasteiger charge is -2.10. The molecule has 2 rings (SSSR count). The average molecular weight is 292 g/mol. The van der Waals surface area contributed by atoms with E-state index in [0.717, 1.165) is 23.9 Å². The van der Waals surface area contributed by atoms with E-state index in [1.807, 2.05) is 23.9 Å². The van der Waals surface area contributed by atoms with Crippen LogP contribution in [0.4, 0.5) is 0 Å². The smallest absolute Gasteiger partial charge is 0.0410 e. The average Bonchev–Trinajstić information content (AvgIpc) is 2.45. The van der Waals surface area contributed by atoms with Gasteiger partial charge < -0.3 is 5.32 Å². The third kappa shape index (κ3) is 4.57. The van der Waals surface area contributed by atoms with Gasteiger partial charge in [0.25, 0.3) is 0 Å². The van der Waals surface area contributed by atoms with E-state index in [1.54, 1.807) is 0 Å². The van der Waals surface area contributed by atoms with E-state index in [1.165, 1.54) is 16.0 Å². The summed E-state index contributed by atoms with van der Waals surface area (Å²) in [6, 6.07) is 16.7. The van der Waals surface area contributed by atoms with Crippen molar-refractivity contribution in [3.63, 3.8) is 0 Å². The highest BCUT2D eigenvalue weighted by Gasteiger charge is 2.04. The molecule has 0 amide bonds. The van der Waals surface area contributed by atoms with Crippen LogP contribution in [0.25, 0.3) is 0 Å². The summed E-state index contributed by atoms with van der Waals surface area (Å²) in [6.07, 6.45) is 0. The lowest BCUT2D eigenvalue weighted by molar-refractivity contribution is 0.718. The van der Waals surface area contributed by atoms with E-state index in [9.17, 15) is 0 Å². The zero-order valence-corrected chi connectivity index (χ0v) is 12.6. The second-order valence-electron chi connectivity index (χ2n) is 4.31. The zero-order valence-electron chi connectivity index (χ0n) is 11.0.